The normalized spacial score (nSPS) is 15.4. The molecule has 0 unspecified atom stereocenters. The first-order valence-corrected chi connectivity index (χ1v) is 11.0. The van der Waals surface area contributed by atoms with Crippen molar-refractivity contribution in [2.45, 2.75) is 6.54 Å². The van der Waals surface area contributed by atoms with Gasteiger partial charge in [-0.3, -0.25) is 0 Å². The number of sulfonamides is 1. The van der Waals surface area contributed by atoms with Crippen LogP contribution in [0.2, 0.25) is 0 Å². The van der Waals surface area contributed by atoms with E-state index >= 15 is 0 Å². The summed E-state index contributed by atoms with van der Waals surface area (Å²) in [6.45, 7) is 3.00. The Morgan fingerprint density at radius 1 is 1.22 bits per heavy atom. The Balaban J connectivity index is 1.79. The van der Waals surface area contributed by atoms with Gasteiger partial charge in [0.15, 0.2) is 11.6 Å². The molecule has 1 fully saturated rings. The van der Waals surface area contributed by atoms with Crippen molar-refractivity contribution in [2.75, 3.05) is 37.5 Å². The molecule has 3 aromatic rings. The number of thiophene rings is 1. The zero-order valence-electron chi connectivity index (χ0n) is 14.6. The molecule has 4 heterocycles. The van der Waals surface area contributed by atoms with E-state index < -0.39 is 10.0 Å². The van der Waals surface area contributed by atoms with Crippen molar-refractivity contribution in [1.29, 1.82) is 0 Å². The summed E-state index contributed by atoms with van der Waals surface area (Å²) in [6.07, 6.45) is 5.96. The van der Waals surface area contributed by atoms with E-state index in [0.29, 0.717) is 19.0 Å². The predicted molar refractivity (Wildman–Crippen MR) is 103 cm³/mol. The zero-order chi connectivity index (χ0) is 18.9. The quantitative estimate of drug-likeness (QED) is 0.669. The zero-order valence-corrected chi connectivity index (χ0v) is 16.3. The van der Waals surface area contributed by atoms with Crippen LogP contribution in [0.3, 0.4) is 0 Å². The average Bonchev–Trinajstić information content (AvgIpc) is 3.09. The van der Waals surface area contributed by atoms with Crippen LogP contribution in [0.15, 0.2) is 24.8 Å². The number of hydrogen-bond donors (Lipinski definition) is 1. The fourth-order valence-corrected chi connectivity index (χ4v) is 4.35. The van der Waals surface area contributed by atoms with Crippen molar-refractivity contribution >= 4 is 37.4 Å². The molecule has 4 rings (SSSR count). The Kier molecular flexibility index (Phi) is 5.00. The Hall–Kier alpha value is -2.21. The van der Waals surface area contributed by atoms with Gasteiger partial charge in [-0.2, -0.15) is 0 Å². The third kappa shape index (κ3) is 4.21. The standard InChI is InChI=1S/C16H18N6O3S2/c1-27(23,24)19-9-12-6-13-14(26-12)16(22-2-4-25-5-3-22)21-15(20-13)11-7-17-10-18-8-11/h6-8,10,19H,2-5,9H2,1H3. The number of anilines is 1. The molecule has 0 spiro atoms. The monoisotopic (exact) mass is 406 g/mol. The second kappa shape index (κ2) is 7.43. The van der Waals surface area contributed by atoms with Crippen molar-refractivity contribution in [3.63, 3.8) is 0 Å². The first-order valence-electron chi connectivity index (χ1n) is 8.33. The lowest BCUT2D eigenvalue weighted by Gasteiger charge is -2.28. The van der Waals surface area contributed by atoms with E-state index in [9.17, 15) is 8.42 Å². The van der Waals surface area contributed by atoms with Crippen LogP contribution in [0.4, 0.5) is 5.82 Å². The summed E-state index contributed by atoms with van der Waals surface area (Å²) in [7, 11) is -3.26. The molecule has 27 heavy (non-hydrogen) atoms. The van der Waals surface area contributed by atoms with E-state index in [1.165, 1.54) is 17.7 Å². The molecule has 0 saturated carbocycles. The molecule has 0 atom stereocenters. The highest BCUT2D eigenvalue weighted by atomic mass is 32.2. The van der Waals surface area contributed by atoms with Crippen LogP contribution in [0.5, 0.6) is 0 Å². The highest BCUT2D eigenvalue weighted by molar-refractivity contribution is 7.88. The SMILES string of the molecule is CS(=O)(=O)NCc1cc2nc(-c3cncnc3)nc(N3CCOCC3)c2s1. The Morgan fingerprint density at radius 2 is 1.96 bits per heavy atom. The van der Waals surface area contributed by atoms with E-state index in [1.807, 2.05) is 6.07 Å². The van der Waals surface area contributed by atoms with Gasteiger partial charge >= 0.3 is 0 Å². The van der Waals surface area contributed by atoms with Gasteiger partial charge in [-0.15, -0.1) is 11.3 Å². The summed E-state index contributed by atoms with van der Waals surface area (Å²) >= 11 is 1.50. The largest absolute Gasteiger partial charge is 0.378 e. The molecule has 0 amide bonds. The van der Waals surface area contributed by atoms with Gasteiger partial charge in [-0.25, -0.2) is 33.1 Å². The van der Waals surface area contributed by atoms with E-state index in [4.69, 9.17) is 9.72 Å². The van der Waals surface area contributed by atoms with E-state index in [0.717, 1.165) is 45.8 Å². The second-order valence-electron chi connectivity index (χ2n) is 6.12. The lowest BCUT2D eigenvalue weighted by molar-refractivity contribution is 0.122. The van der Waals surface area contributed by atoms with Crippen molar-refractivity contribution in [3.8, 4) is 11.4 Å². The number of ether oxygens (including phenoxy) is 1. The molecule has 1 N–H and O–H groups in total. The maximum atomic E-state index is 11.4. The smallest absolute Gasteiger partial charge is 0.209 e. The molecule has 0 aliphatic carbocycles. The van der Waals surface area contributed by atoms with Gasteiger partial charge in [-0.1, -0.05) is 0 Å². The molecule has 1 aliphatic heterocycles. The van der Waals surface area contributed by atoms with Crippen LogP contribution in [0.1, 0.15) is 4.88 Å². The summed E-state index contributed by atoms with van der Waals surface area (Å²) in [4.78, 5) is 20.6. The average molecular weight is 406 g/mol. The van der Waals surface area contributed by atoms with Crippen LogP contribution in [0.25, 0.3) is 21.6 Å². The summed E-state index contributed by atoms with van der Waals surface area (Å²) in [5.41, 5.74) is 1.51. The number of aromatic nitrogens is 4. The number of fused-ring (bicyclic) bond motifs is 1. The van der Waals surface area contributed by atoms with Gasteiger partial charge in [0.1, 0.15) is 6.33 Å². The number of hydrogen-bond acceptors (Lipinski definition) is 9. The predicted octanol–water partition coefficient (Wildman–Crippen LogP) is 1.03. The van der Waals surface area contributed by atoms with Crippen LogP contribution < -0.4 is 9.62 Å². The molecule has 142 valence electrons. The van der Waals surface area contributed by atoms with E-state index in [1.54, 1.807) is 12.4 Å². The summed E-state index contributed by atoms with van der Waals surface area (Å²) in [6, 6.07) is 1.90. The highest BCUT2D eigenvalue weighted by Gasteiger charge is 2.20. The molecule has 1 saturated heterocycles. The van der Waals surface area contributed by atoms with Crippen molar-refractivity contribution in [1.82, 2.24) is 24.7 Å². The van der Waals surface area contributed by atoms with Gasteiger partial charge in [-0.05, 0) is 6.07 Å². The Morgan fingerprint density at radius 3 is 2.67 bits per heavy atom. The minimum Gasteiger partial charge on any atom is -0.378 e. The summed E-state index contributed by atoms with van der Waals surface area (Å²) in [5, 5.41) is 0. The summed E-state index contributed by atoms with van der Waals surface area (Å²) < 4.78 is 31.7. The van der Waals surface area contributed by atoms with Crippen molar-refractivity contribution in [3.05, 3.63) is 29.7 Å². The molecule has 0 aromatic carbocycles. The number of morpholine rings is 1. The third-order valence-corrected chi connectivity index (χ3v) is 5.83. The highest BCUT2D eigenvalue weighted by Crippen LogP contribution is 2.34. The van der Waals surface area contributed by atoms with Crippen LogP contribution in [-0.2, 0) is 21.3 Å². The minimum absolute atomic E-state index is 0.228. The van der Waals surface area contributed by atoms with Gasteiger partial charge in [0.05, 0.1) is 35.2 Å². The molecular formula is C16H18N6O3S2. The van der Waals surface area contributed by atoms with Crippen molar-refractivity contribution < 1.29 is 13.2 Å². The second-order valence-corrected chi connectivity index (χ2v) is 9.09. The fourth-order valence-electron chi connectivity index (χ4n) is 2.79. The number of nitrogens with zero attached hydrogens (tertiary/aromatic N) is 5. The molecule has 0 radical (unpaired) electrons. The first kappa shape index (κ1) is 18.2. The number of nitrogens with one attached hydrogen (secondary N) is 1. The van der Waals surface area contributed by atoms with Gasteiger partial charge in [0.2, 0.25) is 10.0 Å². The van der Waals surface area contributed by atoms with Gasteiger partial charge < -0.3 is 9.64 Å². The lowest BCUT2D eigenvalue weighted by Crippen LogP contribution is -2.36. The van der Waals surface area contributed by atoms with Crippen LogP contribution in [-0.4, -0.2) is 60.9 Å². The topological polar surface area (TPSA) is 110 Å². The molecule has 3 aromatic heterocycles. The van der Waals surface area contributed by atoms with E-state index in [-0.39, 0.29) is 6.54 Å². The molecule has 1 aliphatic rings. The van der Waals surface area contributed by atoms with E-state index in [2.05, 4.69) is 24.6 Å². The summed E-state index contributed by atoms with van der Waals surface area (Å²) in [5.74, 6) is 1.38. The molecule has 9 nitrogen and oxygen atoms in total. The van der Waals surface area contributed by atoms with Gasteiger partial charge in [0, 0.05) is 36.9 Å². The minimum atomic E-state index is -3.26. The maximum Gasteiger partial charge on any atom is 0.209 e. The van der Waals surface area contributed by atoms with Gasteiger partial charge in [0.25, 0.3) is 0 Å². The molecular weight excluding hydrogens is 388 g/mol. The third-order valence-electron chi connectivity index (χ3n) is 4.04. The lowest BCUT2D eigenvalue weighted by atomic mass is 10.3. The number of rotatable bonds is 5. The Labute approximate surface area is 160 Å². The fraction of sp³-hybridized carbons (Fsp3) is 0.375. The van der Waals surface area contributed by atoms with Crippen LogP contribution >= 0.6 is 11.3 Å². The first-order chi connectivity index (χ1) is 13.0. The van der Waals surface area contributed by atoms with Crippen LogP contribution in [0, 0.1) is 0 Å². The van der Waals surface area contributed by atoms with Crippen molar-refractivity contribution in [2.24, 2.45) is 0 Å². The molecule has 0 bridgehead atoms. The molecule has 11 heteroatoms. The maximum absolute atomic E-state index is 11.4. The Bertz CT molecular complexity index is 1050.